The topological polar surface area (TPSA) is 72.4 Å². The van der Waals surface area contributed by atoms with E-state index >= 15 is 0 Å². The SMILES string of the molecule is Cc1c(C(=O)O)cn2nc(-c3cc4cccnc4n3CC3CC3)c(C)c2c1F. The Kier molecular flexibility index (Phi) is 3.56. The molecule has 1 aliphatic carbocycles. The molecule has 0 radical (unpaired) electrons. The molecule has 28 heavy (non-hydrogen) atoms. The summed E-state index contributed by atoms with van der Waals surface area (Å²) < 4.78 is 18.5. The number of pyridine rings is 2. The van der Waals surface area contributed by atoms with E-state index in [1.54, 1.807) is 6.20 Å². The van der Waals surface area contributed by atoms with Gasteiger partial charge in [-0.3, -0.25) is 0 Å². The molecular weight excluding hydrogens is 359 g/mol. The van der Waals surface area contributed by atoms with E-state index in [9.17, 15) is 14.3 Å². The number of carbonyl (C=O) groups is 1. The van der Waals surface area contributed by atoms with Crippen LogP contribution in [-0.2, 0) is 6.54 Å². The summed E-state index contributed by atoms with van der Waals surface area (Å²) in [5, 5.41) is 15.0. The van der Waals surface area contributed by atoms with Crippen molar-refractivity contribution in [2.75, 3.05) is 0 Å². The van der Waals surface area contributed by atoms with E-state index in [0.29, 0.717) is 22.7 Å². The summed E-state index contributed by atoms with van der Waals surface area (Å²) in [7, 11) is 0. The number of aromatic nitrogens is 4. The van der Waals surface area contributed by atoms with Gasteiger partial charge in [-0.05, 0) is 50.8 Å². The Morgan fingerprint density at radius 1 is 1.32 bits per heavy atom. The number of fused-ring (bicyclic) bond motifs is 2. The number of carboxylic acid groups (broad SMARTS) is 1. The quantitative estimate of drug-likeness (QED) is 0.577. The molecule has 0 bridgehead atoms. The standard InChI is InChI=1S/C21H19FN4O2/c1-11-15(21(27)28)10-26-19(17(11)22)12(2)18(24-26)16-8-14-4-3-7-23-20(14)25(16)9-13-5-6-13/h3-4,7-8,10,13H,5-6,9H2,1-2H3,(H,27,28). The third kappa shape index (κ3) is 2.42. The maximum atomic E-state index is 15.0. The summed E-state index contributed by atoms with van der Waals surface area (Å²) in [4.78, 5) is 16.0. The van der Waals surface area contributed by atoms with E-state index in [0.717, 1.165) is 23.3 Å². The number of rotatable bonds is 4. The summed E-state index contributed by atoms with van der Waals surface area (Å²) in [6.45, 7) is 4.16. The highest BCUT2D eigenvalue weighted by Crippen LogP contribution is 2.37. The summed E-state index contributed by atoms with van der Waals surface area (Å²) in [6, 6.07) is 5.93. The van der Waals surface area contributed by atoms with Crippen LogP contribution in [0.1, 0.15) is 34.3 Å². The van der Waals surface area contributed by atoms with Crippen molar-refractivity contribution < 1.29 is 14.3 Å². The molecule has 1 aliphatic rings. The lowest BCUT2D eigenvalue weighted by Gasteiger charge is -2.08. The number of hydrogen-bond acceptors (Lipinski definition) is 3. The monoisotopic (exact) mass is 378 g/mol. The third-order valence-corrected chi connectivity index (χ3v) is 5.61. The van der Waals surface area contributed by atoms with Gasteiger partial charge in [0.2, 0.25) is 0 Å². The van der Waals surface area contributed by atoms with Crippen LogP contribution in [0, 0.1) is 25.6 Å². The van der Waals surface area contributed by atoms with Crippen LogP contribution in [0.25, 0.3) is 27.9 Å². The third-order valence-electron chi connectivity index (χ3n) is 5.61. The first-order valence-corrected chi connectivity index (χ1v) is 9.31. The lowest BCUT2D eigenvalue weighted by Crippen LogP contribution is -2.06. The van der Waals surface area contributed by atoms with Crippen molar-refractivity contribution in [3.05, 3.63) is 53.1 Å². The number of nitrogens with zero attached hydrogens (tertiary/aromatic N) is 4. The van der Waals surface area contributed by atoms with Gasteiger partial charge in [-0.1, -0.05) is 0 Å². The highest BCUT2D eigenvalue weighted by Gasteiger charge is 2.27. The molecule has 1 N–H and O–H groups in total. The van der Waals surface area contributed by atoms with Crippen molar-refractivity contribution in [3.8, 4) is 11.4 Å². The predicted octanol–water partition coefficient (Wildman–Crippen LogP) is 4.22. The van der Waals surface area contributed by atoms with E-state index in [1.807, 2.05) is 25.1 Å². The minimum absolute atomic E-state index is 0.0840. The molecule has 1 fully saturated rings. The van der Waals surface area contributed by atoms with E-state index < -0.39 is 11.8 Å². The molecular formula is C21H19FN4O2. The van der Waals surface area contributed by atoms with E-state index in [-0.39, 0.29) is 11.1 Å². The highest BCUT2D eigenvalue weighted by molar-refractivity contribution is 5.90. The first kappa shape index (κ1) is 16.9. The van der Waals surface area contributed by atoms with Crippen LogP contribution >= 0.6 is 0 Å². The fraction of sp³-hybridized carbons (Fsp3) is 0.286. The van der Waals surface area contributed by atoms with Crippen molar-refractivity contribution in [1.29, 1.82) is 0 Å². The number of aromatic carboxylic acids is 1. The number of hydrogen-bond donors (Lipinski definition) is 1. The zero-order chi connectivity index (χ0) is 19.6. The van der Waals surface area contributed by atoms with Crippen LogP contribution < -0.4 is 0 Å². The molecule has 5 rings (SSSR count). The molecule has 0 aliphatic heterocycles. The van der Waals surface area contributed by atoms with Crippen LogP contribution in [0.4, 0.5) is 4.39 Å². The van der Waals surface area contributed by atoms with Gasteiger partial charge in [0.15, 0.2) is 5.82 Å². The van der Waals surface area contributed by atoms with Gasteiger partial charge in [0.1, 0.15) is 16.9 Å². The van der Waals surface area contributed by atoms with Gasteiger partial charge in [0.25, 0.3) is 0 Å². The van der Waals surface area contributed by atoms with Gasteiger partial charge in [0, 0.05) is 35.5 Å². The second-order valence-electron chi connectivity index (χ2n) is 7.55. The van der Waals surface area contributed by atoms with Crippen LogP contribution in [0.15, 0.2) is 30.6 Å². The first-order chi connectivity index (χ1) is 13.5. The molecule has 0 amide bonds. The Balaban J connectivity index is 1.79. The van der Waals surface area contributed by atoms with Crippen LogP contribution in [0.3, 0.4) is 0 Å². The smallest absolute Gasteiger partial charge is 0.337 e. The van der Waals surface area contributed by atoms with Crippen molar-refractivity contribution in [2.24, 2.45) is 5.92 Å². The Morgan fingerprint density at radius 2 is 2.11 bits per heavy atom. The molecule has 0 unspecified atom stereocenters. The van der Waals surface area contributed by atoms with Gasteiger partial charge in [-0.2, -0.15) is 5.10 Å². The maximum Gasteiger partial charge on any atom is 0.337 e. The predicted molar refractivity (Wildman–Crippen MR) is 103 cm³/mol. The van der Waals surface area contributed by atoms with Crippen LogP contribution in [0.2, 0.25) is 0 Å². The Bertz CT molecular complexity index is 1270. The minimum atomic E-state index is -1.17. The zero-order valence-corrected chi connectivity index (χ0v) is 15.6. The second-order valence-corrected chi connectivity index (χ2v) is 7.55. The van der Waals surface area contributed by atoms with Crippen LogP contribution in [0.5, 0.6) is 0 Å². The molecule has 1 saturated carbocycles. The molecule has 7 heteroatoms. The lowest BCUT2D eigenvalue weighted by atomic mass is 10.1. The molecule has 4 heterocycles. The van der Waals surface area contributed by atoms with Crippen molar-refractivity contribution in [2.45, 2.75) is 33.2 Å². The van der Waals surface area contributed by atoms with Gasteiger partial charge in [0.05, 0.1) is 11.3 Å². The fourth-order valence-corrected chi connectivity index (χ4v) is 3.88. The average molecular weight is 378 g/mol. The van der Waals surface area contributed by atoms with Crippen LogP contribution in [-0.4, -0.2) is 30.2 Å². The minimum Gasteiger partial charge on any atom is -0.478 e. The maximum absolute atomic E-state index is 15.0. The lowest BCUT2D eigenvalue weighted by molar-refractivity contribution is 0.0694. The average Bonchev–Trinajstić information content (AvgIpc) is 3.33. The molecule has 0 aromatic carbocycles. The Labute approximate surface area is 160 Å². The number of aryl methyl sites for hydroxylation is 1. The summed E-state index contributed by atoms with van der Waals surface area (Å²) in [5.74, 6) is -1.08. The zero-order valence-electron chi connectivity index (χ0n) is 15.6. The summed E-state index contributed by atoms with van der Waals surface area (Å²) in [5.41, 5.74) is 3.47. The van der Waals surface area contributed by atoms with E-state index in [2.05, 4.69) is 14.6 Å². The number of carboxylic acids is 1. The fourth-order valence-electron chi connectivity index (χ4n) is 3.88. The Hall–Kier alpha value is -3.22. The molecule has 0 spiro atoms. The second kappa shape index (κ2) is 5.89. The van der Waals surface area contributed by atoms with E-state index in [1.165, 1.54) is 30.5 Å². The largest absolute Gasteiger partial charge is 0.478 e. The van der Waals surface area contributed by atoms with Crippen molar-refractivity contribution in [3.63, 3.8) is 0 Å². The summed E-state index contributed by atoms with van der Waals surface area (Å²) >= 11 is 0. The number of halogens is 1. The normalized spacial score (nSPS) is 14.2. The van der Waals surface area contributed by atoms with Crippen molar-refractivity contribution >= 4 is 22.5 Å². The molecule has 0 atom stereocenters. The molecule has 4 aromatic rings. The van der Waals surface area contributed by atoms with Gasteiger partial charge >= 0.3 is 5.97 Å². The highest BCUT2D eigenvalue weighted by atomic mass is 19.1. The van der Waals surface area contributed by atoms with E-state index in [4.69, 9.17) is 0 Å². The first-order valence-electron chi connectivity index (χ1n) is 9.31. The van der Waals surface area contributed by atoms with Crippen molar-refractivity contribution in [1.82, 2.24) is 19.2 Å². The summed E-state index contributed by atoms with van der Waals surface area (Å²) in [6.07, 6.45) is 5.56. The van der Waals surface area contributed by atoms with Gasteiger partial charge < -0.3 is 9.67 Å². The van der Waals surface area contributed by atoms with Gasteiger partial charge in [-0.15, -0.1) is 0 Å². The molecule has 0 saturated heterocycles. The molecule has 142 valence electrons. The molecule has 6 nitrogen and oxygen atoms in total. The Morgan fingerprint density at radius 3 is 2.82 bits per heavy atom. The molecule has 4 aromatic heterocycles. The van der Waals surface area contributed by atoms with Gasteiger partial charge in [-0.25, -0.2) is 18.7 Å².